The molecular formula is C12H8BrCl2NO2S. The Labute approximate surface area is 132 Å². The van der Waals surface area contributed by atoms with Crippen molar-refractivity contribution >= 4 is 50.3 Å². The zero-order valence-corrected chi connectivity index (χ0v) is 13.4. The molecule has 0 amide bonds. The molecule has 0 bridgehead atoms. The number of halogens is 3. The van der Waals surface area contributed by atoms with Gasteiger partial charge in [0.05, 0.1) is 21.7 Å². The van der Waals surface area contributed by atoms with E-state index in [1.54, 1.807) is 24.3 Å². The van der Waals surface area contributed by atoms with Crippen LogP contribution in [0.4, 0.5) is 0 Å². The fourth-order valence-electron chi connectivity index (χ4n) is 1.49. The van der Waals surface area contributed by atoms with Crippen molar-refractivity contribution in [1.82, 2.24) is 0 Å². The maximum atomic E-state index is 12.2. The number of aromatic nitrogens is 1. The van der Waals surface area contributed by atoms with Crippen molar-refractivity contribution in [2.45, 2.75) is 10.8 Å². The molecule has 1 unspecified atom stereocenters. The first-order valence-electron chi connectivity index (χ1n) is 5.19. The summed E-state index contributed by atoms with van der Waals surface area (Å²) in [7, 11) is 0. The van der Waals surface area contributed by atoms with E-state index < -0.39 is 11.2 Å². The van der Waals surface area contributed by atoms with Gasteiger partial charge in [0.15, 0.2) is 6.20 Å². The van der Waals surface area contributed by atoms with Crippen molar-refractivity contribution in [2.75, 3.05) is 0 Å². The SMILES string of the molecule is [O-][n+]1cc(Br)ccc1[S+]([O-])Cc1c(Cl)cccc1Cl. The van der Waals surface area contributed by atoms with Gasteiger partial charge in [0, 0.05) is 15.6 Å². The first-order chi connectivity index (χ1) is 8.99. The van der Waals surface area contributed by atoms with Gasteiger partial charge in [-0.05, 0) is 34.1 Å². The Hall–Kier alpha value is -0.460. The third-order valence-corrected chi connectivity index (χ3v) is 4.92. The molecule has 100 valence electrons. The van der Waals surface area contributed by atoms with Crippen LogP contribution in [0.2, 0.25) is 10.0 Å². The average molecular weight is 381 g/mol. The molecule has 1 atom stereocenters. The normalized spacial score (nSPS) is 12.4. The van der Waals surface area contributed by atoms with Gasteiger partial charge in [-0.2, -0.15) is 0 Å². The zero-order chi connectivity index (χ0) is 14.0. The third-order valence-electron chi connectivity index (χ3n) is 2.41. The molecule has 7 heteroatoms. The lowest BCUT2D eigenvalue weighted by Crippen LogP contribution is -2.34. The van der Waals surface area contributed by atoms with Crippen molar-refractivity contribution in [1.29, 1.82) is 0 Å². The molecule has 3 nitrogen and oxygen atoms in total. The maximum absolute atomic E-state index is 12.2. The molecule has 0 spiro atoms. The van der Waals surface area contributed by atoms with Crippen LogP contribution in [0.25, 0.3) is 0 Å². The number of nitrogens with zero attached hydrogens (tertiary/aromatic N) is 1. The summed E-state index contributed by atoms with van der Waals surface area (Å²) in [4.78, 5) is 0. The van der Waals surface area contributed by atoms with Gasteiger partial charge in [-0.3, -0.25) is 0 Å². The summed E-state index contributed by atoms with van der Waals surface area (Å²) in [6.07, 6.45) is 1.31. The van der Waals surface area contributed by atoms with Gasteiger partial charge in [-0.25, -0.2) is 0 Å². The highest BCUT2D eigenvalue weighted by Gasteiger charge is 2.24. The van der Waals surface area contributed by atoms with Crippen molar-refractivity contribution < 1.29 is 9.28 Å². The quantitative estimate of drug-likeness (QED) is 0.463. The Kier molecular flexibility index (Phi) is 4.97. The first-order valence-corrected chi connectivity index (χ1v) is 8.06. The minimum atomic E-state index is -1.51. The van der Waals surface area contributed by atoms with Gasteiger partial charge in [-0.1, -0.05) is 29.3 Å². The highest BCUT2D eigenvalue weighted by Crippen LogP contribution is 2.27. The lowest BCUT2D eigenvalue weighted by Gasteiger charge is -2.11. The zero-order valence-electron chi connectivity index (χ0n) is 9.48. The summed E-state index contributed by atoms with van der Waals surface area (Å²) in [6.45, 7) is 0. The van der Waals surface area contributed by atoms with Gasteiger partial charge >= 0.3 is 5.03 Å². The summed E-state index contributed by atoms with van der Waals surface area (Å²) in [5.41, 5.74) is 0.576. The van der Waals surface area contributed by atoms with Crippen LogP contribution in [-0.2, 0) is 16.9 Å². The Bertz CT molecular complexity index is 592. The molecule has 0 radical (unpaired) electrons. The topological polar surface area (TPSA) is 50.0 Å². The van der Waals surface area contributed by atoms with Crippen LogP contribution in [-0.4, -0.2) is 4.55 Å². The van der Waals surface area contributed by atoms with E-state index in [2.05, 4.69) is 15.9 Å². The minimum Gasteiger partial charge on any atom is -0.615 e. The Morgan fingerprint density at radius 3 is 2.37 bits per heavy atom. The molecule has 0 saturated heterocycles. The lowest BCUT2D eigenvalue weighted by atomic mass is 10.2. The standard InChI is InChI=1S/C12H8BrCl2NO2S/c13-8-4-5-12(16(17)6-8)19(18)7-9-10(14)2-1-3-11(9)15/h1-6H,7H2. The van der Waals surface area contributed by atoms with Crippen LogP contribution < -0.4 is 4.73 Å². The summed E-state index contributed by atoms with van der Waals surface area (Å²) in [5, 5.41) is 12.7. The molecule has 1 heterocycles. The van der Waals surface area contributed by atoms with E-state index in [4.69, 9.17) is 23.2 Å². The smallest absolute Gasteiger partial charge is 0.393 e. The van der Waals surface area contributed by atoms with Crippen LogP contribution in [0.1, 0.15) is 5.56 Å². The summed E-state index contributed by atoms with van der Waals surface area (Å²) < 4.78 is 13.4. The minimum absolute atomic E-state index is 0.0996. The van der Waals surface area contributed by atoms with Crippen molar-refractivity contribution in [3.05, 3.63) is 61.8 Å². The molecular weight excluding hydrogens is 373 g/mol. The van der Waals surface area contributed by atoms with E-state index in [9.17, 15) is 9.76 Å². The van der Waals surface area contributed by atoms with Crippen LogP contribution in [0.3, 0.4) is 0 Å². The predicted octanol–water partition coefficient (Wildman–Crippen LogP) is 3.70. The summed E-state index contributed by atoms with van der Waals surface area (Å²) in [6, 6.07) is 8.23. The molecule has 0 fully saturated rings. The Balaban J connectivity index is 2.28. The molecule has 1 aromatic carbocycles. The van der Waals surface area contributed by atoms with Gasteiger partial charge < -0.3 is 9.76 Å². The van der Waals surface area contributed by atoms with Gasteiger partial charge in [0.25, 0.3) is 0 Å². The van der Waals surface area contributed by atoms with Crippen molar-refractivity contribution in [3.8, 4) is 0 Å². The summed E-state index contributed by atoms with van der Waals surface area (Å²) >= 11 is 13.7. The van der Waals surface area contributed by atoms with E-state index in [1.807, 2.05) is 0 Å². The number of pyridine rings is 1. The second kappa shape index (κ2) is 6.33. The molecule has 2 rings (SSSR count). The van der Waals surface area contributed by atoms with Crippen LogP contribution in [0.5, 0.6) is 0 Å². The monoisotopic (exact) mass is 379 g/mol. The fraction of sp³-hybridized carbons (Fsp3) is 0.0833. The molecule has 0 N–H and O–H groups in total. The second-order valence-electron chi connectivity index (χ2n) is 3.70. The van der Waals surface area contributed by atoms with Crippen molar-refractivity contribution in [3.63, 3.8) is 0 Å². The molecule has 0 aliphatic carbocycles. The van der Waals surface area contributed by atoms with Gasteiger partial charge in [0.2, 0.25) is 0 Å². The van der Waals surface area contributed by atoms with E-state index in [-0.39, 0.29) is 10.8 Å². The first kappa shape index (κ1) is 14.9. The maximum Gasteiger partial charge on any atom is 0.393 e. The fourth-order valence-corrected chi connectivity index (χ4v) is 3.70. The van der Waals surface area contributed by atoms with Gasteiger partial charge in [0.1, 0.15) is 5.75 Å². The molecule has 1 aromatic heterocycles. The van der Waals surface area contributed by atoms with Crippen molar-refractivity contribution in [2.24, 2.45) is 0 Å². The molecule has 2 aromatic rings. The van der Waals surface area contributed by atoms with Gasteiger partial charge in [-0.15, -0.1) is 4.73 Å². The number of hydrogen-bond donors (Lipinski definition) is 0. The lowest BCUT2D eigenvalue weighted by molar-refractivity contribution is -0.647. The highest BCUT2D eigenvalue weighted by molar-refractivity contribution is 9.10. The largest absolute Gasteiger partial charge is 0.615 e. The Morgan fingerprint density at radius 2 is 1.79 bits per heavy atom. The predicted molar refractivity (Wildman–Crippen MR) is 79.7 cm³/mol. The molecule has 0 saturated carbocycles. The van der Waals surface area contributed by atoms with Crippen LogP contribution in [0.15, 0.2) is 46.0 Å². The second-order valence-corrected chi connectivity index (χ2v) is 6.83. The van der Waals surface area contributed by atoms with E-state index >= 15 is 0 Å². The number of rotatable bonds is 3. The van der Waals surface area contributed by atoms with E-state index in [0.29, 0.717) is 24.8 Å². The third kappa shape index (κ3) is 3.55. The molecule has 0 aliphatic rings. The number of hydrogen-bond acceptors (Lipinski definition) is 2. The van der Waals surface area contributed by atoms with Crippen LogP contribution >= 0.6 is 39.1 Å². The molecule has 19 heavy (non-hydrogen) atoms. The summed E-state index contributed by atoms with van der Waals surface area (Å²) in [5.74, 6) is 0.0996. The van der Waals surface area contributed by atoms with E-state index in [1.165, 1.54) is 12.3 Å². The highest BCUT2D eigenvalue weighted by atomic mass is 79.9. The van der Waals surface area contributed by atoms with E-state index in [0.717, 1.165) is 0 Å². The van der Waals surface area contributed by atoms with Crippen LogP contribution in [0, 0.1) is 5.21 Å². The number of benzene rings is 1. The average Bonchev–Trinajstić information content (AvgIpc) is 2.33. The molecule has 0 aliphatic heterocycles. The Morgan fingerprint density at radius 1 is 1.16 bits per heavy atom.